The molecule has 0 saturated carbocycles. The van der Waals surface area contributed by atoms with Gasteiger partial charge < -0.3 is 18.9 Å². The predicted octanol–water partition coefficient (Wildman–Crippen LogP) is 5.69. The first-order valence-corrected chi connectivity index (χ1v) is 11.2. The molecule has 1 saturated heterocycles. The van der Waals surface area contributed by atoms with Gasteiger partial charge in [0, 0.05) is 47.7 Å². The Hall–Kier alpha value is -3.05. The summed E-state index contributed by atoms with van der Waals surface area (Å²) in [7, 11) is 2.08. The minimum atomic E-state index is 0.589. The first-order valence-electron chi connectivity index (χ1n) is 11.2. The fourth-order valence-electron chi connectivity index (χ4n) is 4.36. The fourth-order valence-corrected chi connectivity index (χ4v) is 4.36. The number of aromatic nitrogens is 2. The van der Waals surface area contributed by atoms with Gasteiger partial charge in [0.15, 0.2) is 0 Å². The summed E-state index contributed by atoms with van der Waals surface area (Å²) in [5, 5.41) is 2.24. The third-order valence-corrected chi connectivity index (χ3v) is 6.20. The second kappa shape index (κ2) is 8.60. The standard InChI is InChI=1S/C26H29N3O2/c1-19-16-21-17-23(9-10-25(21)28(19)2)31-26-11-7-20-6-8-22(18-24(20)27-26)30-15-5-14-29-12-3-4-13-29/h6-11,16-18H,3-5,12-15H2,1-2H3. The lowest BCUT2D eigenvalue weighted by molar-refractivity contribution is 0.263. The Morgan fingerprint density at radius 1 is 0.903 bits per heavy atom. The van der Waals surface area contributed by atoms with Crippen molar-refractivity contribution in [1.29, 1.82) is 0 Å². The van der Waals surface area contributed by atoms with E-state index in [0.29, 0.717) is 5.88 Å². The van der Waals surface area contributed by atoms with E-state index in [0.717, 1.165) is 42.0 Å². The molecule has 0 radical (unpaired) electrons. The molecule has 31 heavy (non-hydrogen) atoms. The molecule has 3 heterocycles. The Morgan fingerprint density at radius 3 is 2.58 bits per heavy atom. The number of hydrogen-bond acceptors (Lipinski definition) is 4. The first kappa shape index (κ1) is 19.9. The van der Waals surface area contributed by atoms with Gasteiger partial charge in [-0.1, -0.05) is 0 Å². The highest BCUT2D eigenvalue weighted by Gasteiger charge is 2.11. The average molecular weight is 416 g/mol. The van der Waals surface area contributed by atoms with Gasteiger partial charge in [-0.3, -0.25) is 0 Å². The van der Waals surface area contributed by atoms with Crippen LogP contribution in [0.4, 0.5) is 0 Å². The van der Waals surface area contributed by atoms with E-state index >= 15 is 0 Å². The van der Waals surface area contributed by atoms with Crippen molar-refractivity contribution in [3.05, 3.63) is 60.3 Å². The molecule has 2 aromatic carbocycles. The second-order valence-corrected chi connectivity index (χ2v) is 8.42. The lowest BCUT2D eigenvalue weighted by Crippen LogP contribution is -2.21. The first-order chi connectivity index (χ1) is 15.2. The monoisotopic (exact) mass is 415 g/mol. The molecular weight excluding hydrogens is 386 g/mol. The smallest absolute Gasteiger partial charge is 0.219 e. The fraction of sp³-hybridized carbons (Fsp3) is 0.346. The molecule has 5 heteroatoms. The molecule has 4 aromatic rings. The van der Waals surface area contributed by atoms with Crippen LogP contribution in [0.3, 0.4) is 0 Å². The number of benzene rings is 2. The van der Waals surface area contributed by atoms with Crippen LogP contribution >= 0.6 is 0 Å². The van der Waals surface area contributed by atoms with Crippen LogP contribution in [0.25, 0.3) is 21.8 Å². The number of rotatable bonds is 7. The highest BCUT2D eigenvalue weighted by Crippen LogP contribution is 2.28. The third-order valence-electron chi connectivity index (χ3n) is 6.20. The van der Waals surface area contributed by atoms with E-state index in [4.69, 9.17) is 14.5 Å². The van der Waals surface area contributed by atoms with Gasteiger partial charge in [-0.2, -0.15) is 0 Å². The van der Waals surface area contributed by atoms with E-state index in [-0.39, 0.29) is 0 Å². The van der Waals surface area contributed by atoms with Crippen LogP contribution in [0.1, 0.15) is 25.0 Å². The highest BCUT2D eigenvalue weighted by molar-refractivity contribution is 5.83. The third kappa shape index (κ3) is 4.37. The van der Waals surface area contributed by atoms with Crippen LogP contribution in [0.2, 0.25) is 0 Å². The molecule has 0 unspecified atom stereocenters. The second-order valence-electron chi connectivity index (χ2n) is 8.42. The summed E-state index contributed by atoms with van der Waals surface area (Å²) in [4.78, 5) is 7.23. The number of fused-ring (bicyclic) bond motifs is 2. The van der Waals surface area contributed by atoms with Gasteiger partial charge in [-0.15, -0.1) is 0 Å². The molecule has 0 aliphatic carbocycles. The van der Waals surface area contributed by atoms with E-state index < -0.39 is 0 Å². The van der Waals surface area contributed by atoms with E-state index in [9.17, 15) is 0 Å². The van der Waals surface area contributed by atoms with Crippen LogP contribution < -0.4 is 9.47 Å². The largest absolute Gasteiger partial charge is 0.493 e. The Bertz CT molecular complexity index is 1210. The van der Waals surface area contributed by atoms with Gasteiger partial charge in [-0.05, 0) is 81.7 Å². The van der Waals surface area contributed by atoms with E-state index in [2.05, 4.69) is 47.7 Å². The zero-order chi connectivity index (χ0) is 21.2. The van der Waals surface area contributed by atoms with Crippen LogP contribution in [0, 0.1) is 6.92 Å². The van der Waals surface area contributed by atoms with Gasteiger partial charge in [0.1, 0.15) is 11.5 Å². The number of pyridine rings is 1. The Kier molecular flexibility index (Phi) is 5.51. The number of nitrogens with zero attached hydrogens (tertiary/aromatic N) is 3. The Labute approximate surface area is 183 Å². The number of aryl methyl sites for hydroxylation is 2. The van der Waals surface area contributed by atoms with Crippen molar-refractivity contribution in [2.75, 3.05) is 26.2 Å². The molecule has 1 fully saturated rings. The van der Waals surface area contributed by atoms with Crippen LogP contribution in [0.15, 0.2) is 54.6 Å². The molecule has 5 nitrogen and oxygen atoms in total. The Balaban J connectivity index is 1.27. The highest BCUT2D eigenvalue weighted by atomic mass is 16.5. The lowest BCUT2D eigenvalue weighted by Gasteiger charge is -2.14. The topological polar surface area (TPSA) is 39.5 Å². The lowest BCUT2D eigenvalue weighted by atomic mass is 10.2. The molecule has 1 aliphatic heterocycles. The minimum Gasteiger partial charge on any atom is -0.493 e. The molecular formula is C26H29N3O2. The predicted molar refractivity (Wildman–Crippen MR) is 125 cm³/mol. The molecule has 5 rings (SSSR count). The zero-order valence-electron chi connectivity index (χ0n) is 18.3. The molecule has 0 atom stereocenters. The maximum Gasteiger partial charge on any atom is 0.219 e. The molecule has 0 N–H and O–H groups in total. The minimum absolute atomic E-state index is 0.589. The normalized spacial score (nSPS) is 14.5. The molecule has 1 aliphatic rings. The van der Waals surface area contributed by atoms with Crippen molar-refractivity contribution < 1.29 is 9.47 Å². The zero-order valence-corrected chi connectivity index (χ0v) is 18.3. The maximum atomic E-state index is 6.07. The summed E-state index contributed by atoms with van der Waals surface area (Å²) in [6, 6.07) is 18.4. The summed E-state index contributed by atoms with van der Waals surface area (Å²) in [5.74, 6) is 2.24. The SMILES string of the molecule is Cc1cc2cc(Oc3ccc4ccc(OCCCN5CCCC5)cc4n3)ccc2n1C. The van der Waals surface area contributed by atoms with Gasteiger partial charge in [0.2, 0.25) is 5.88 Å². The van der Waals surface area contributed by atoms with Crippen LogP contribution in [-0.2, 0) is 7.05 Å². The molecule has 0 spiro atoms. The number of likely N-dealkylation sites (tertiary alicyclic amines) is 1. The van der Waals surface area contributed by atoms with Crippen molar-refractivity contribution in [1.82, 2.24) is 14.5 Å². The van der Waals surface area contributed by atoms with Crippen molar-refractivity contribution in [2.45, 2.75) is 26.2 Å². The summed E-state index contributed by atoms with van der Waals surface area (Å²) in [5.41, 5.74) is 3.30. The average Bonchev–Trinajstić information content (AvgIpc) is 3.39. The van der Waals surface area contributed by atoms with Crippen LogP contribution in [0.5, 0.6) is 17.4 Å². The van der Waals surface area contributed by atoms with Crippen molar-refractivity contribution in [3.63, 3.8) is 0 Å². The number of hydrogen-bond donors (Lipinski definition) is 0. The molecule has 0 bridgehead atoms. The van der Waals surface area contributed by atoms with Gasteiger partial charge in [0.05, 0.1) is 12.1 Å². The van der Waals surface area contributed by atoms with Gasteiger partial charge in [0.25, 0.3) is 0 Å². The van der Waals surface area contributed by atoms with Gasteiger partial charge >= 0.3 is 0 Å². The van der Waals surface area contributed by atoms with Gasteiger partial charge in [-0.25, -0.2) is 4.98 Å². The van der Waals surface area contributed by atoms with Crippen molar-refractivity contribution >= 4 is 21.8 Å². The van der Waals surface area contributed by atoms with E-state index in [1.807, 2.05) is 30.3 Å². The summed E-state index contributed by atoms with van der Waals surface area (Å²) >= 11 is 0. The number of ether oxygens (including phenoxy) is 2. The van der Waals surface area contributed by atoms with E-state index in [1.165, 1.54) is 42.5 Å². The molecule has 2 aromatic heterocycles. The van der Waals surface area contributed by atoms with Crippen molar-refractivity contribution in [3.8, 4) is 17.4 Å². The molecule has 160 valence electrons. The van der Waals surface area contributed by atoms with E-state index in [1.54, 1.807) is 0 Å². The molecule has 0 amide bonds. The summed E-state index contributed by atoms with van der Waals surface area (Å²) < 4.78 is 14.2. The summed E-state index contributed by atoms with van der Waals surface area (Å²) in [6.45, 7) is 6.43. The Morgan fingerprint density at radius 2 is 1.71 bits per heavy atom. The quantitative estimate of drug-likeness (QED) is 0.364. The maximum absolute atomic E-state index is 6.07. The van der Waals surface area contributed by atoms with Crippen LogP contribution in [-0.4, -0.2) is 40.7 Å². The summed E-state index contributed by atoms with van der Waals surface area (Å²) in [6.07, 6.45) is 3.72. The van der Waals surface area contributed by atoms with Crippen molar-refractivity contribution in [2.24, 2.45) is 7.05 Å².